The Morgan fingerprint density at radius 2 is 2.11 bits per heavy atom. The fourth-order valence-electron chi connectivity index (χ4n) is 2.06. The zero-order valence-corrected chi connectivity index (χ0v) is 9.71. The molecule has 2 aromatic heterocycles. The Morgan fingerprint density at radius 1 is 1.17 bits per heavy atom. The number of fused-ring (bicyclic) bond motifs is 1. The summed E-state index contributed by atoms with van der Waals surface area (Å²) in [5.41, 5.74) is 4.74. The van der Waals surface area contributed by atoms with Gasteiger partial charge < -0.3 is 4.42 Å². The van der Waals surface area contributed by atoms with Gasteiger partial charge in [-0.05, 0) is 29.8 Å². The number of benzene rings is 1. The first-order chi connectivity index (χ1) is 8.88. The van der Waals surface area contributed by atoms with Crippen molar-refractivity contribution in [2.75, 3.05) is 0 Å². The van der Waals surface area contributed by atoms with E-state index >= 15 is 0 Å². The Balaban J connectivity index is 2.07. The van der Waals surface area contributed by atoms with Gasteiger partial charge in [0.2, 0.25) is 0 Å². The first-order valence-electron chi connectivity index (χ1n) is 5.73. The highest BCUT2D eigenvalue weighted by Crippen LogP contribution is 2.24. The van der Waals surface area contributed by atoms with Gasteiger partial charge in [-0.3, -0.25) is 10.8 Å². The highest BCUT2D eigenvalue weighted by molar-refractivity contribution is 5.79. The van der Waals surface area contributed by atoms with Crippen LogP contribution in [0.1, 0.15) is 17.4 Å². The Kier molecular flexibility index (Phi) is 2.80. The van der Waals surface area contributed by atoms with E-state index in [1.165, 1.54) is 0 Å². The molecule has 4 heteroatoms. The molecule has 0 aliphatic heterocycles. The van der Waals surface area contributed by atoms with E-state index < -0.39 is 0 Å². The smallest absolute Gasteiger partial charge is 0.126 e. The molecule has 18 heavy (non-hydrogen) atoms. The molecule has 0 saturated heterocycles. The van der Waals surface area contributed by atoms with Crippen LogP contribution >= 0.6 is 0 Å². The van der Waals surface area contributed by atoms with E-state index in [0.29, 0.717) is 0 Å². The van der Waals surface area contributed by atoms with Crippen molar-refractivity contribution in [3.8, 4) is 0 Å². The summed E-state index contributed by atoms with van der Waals surface area (Å²) in [6.07, 6.45) is 3.42. The number of rotatable bonds is 3. The molecular formula is C14H13N3O. The number of nitrogens with one attached hydrogen (secondary N) is 1. The van der Waals surface area contributed by atoms with Gasteiger partial charge >= 0.3 is 0 Å². The van der Waals surface area contributed by atoms with E-state index in [9.17, 15) is 0 Å². The minimum atomic E-state index is -0.161. The topological polar surface area (TPSA) is 64.1 Å². The second kappa shape index (κ2) is 4.60. The Morgan fingerprint density at radius 3 is 2.89 bits per heavy atom. The monoisotopic (exact) mass is 239 g/mol. The number of nitrogens with zero attached hydrogens (tertiary/aromatic N) is 1. The quantitative estimate of drug-likeness (QED) is 0.544. The van der Waals surface area contributed by atoms with Crippen LogP contribution in [-0.2, 0) is 0 Å². The minimum Gasteiger partial charge on any atom is -0.467 e. The molecule has 0 aliphatic rings. The molecule has 3 N–H and O–H groups in total. The third-order valence-corrected chi connectivity index (χ3v) is 2.96. The van der Waals surface area contributed by atoms with Crippen molar-refractivity contribution in [1.29, 1.82) is 0 Å². The molecular weight excluding hydrogens is 226 g/mol. The lowest BCUT2D eigenvalue weighted by molar-refractivity contribution is 0.452. The summed E-state index contributed by atoms with van der Waals surface area (Å²) in [5, 5.41) is 1.11. The molecule has 4 nitrogen and oxygen atoms in total. The SMILES string of the molecule is NNC(c1ccc2cccnc2c1)c1ccco1. The lowest BCUT2D eigenvalue weighted by Gasteiger charge is -2.14. The summed E-state index contributed by atoms with van der Waals surface area (Å²) >= 11 is 0. The van der Waals surface area contributed by atoms with Crippen LogP contribution in [0.5, 0.6) is 0 Å². The summed E-state index contributed by atoms with van der Waals surface area (Å²) in [5.74, 6) is 6.39. The van der Waals surface area contributed by atoms with Gasteiger partial charge in [0.1, 0.15) is 11.8 Å². The molecule has 0 spiro atoms. The Labute approximate surface area is 104 Å². The largest absolute Gasteiger partial charge is 0.467 e. The van der Waals surface area contributed by atoms with Crippen molar-refractivity contribution < 1.29 is 4.42 Å². The van der Waals surface area contributed by atoms with E-state index in [2.05, 4.69) is 10.4 Å². The van der Waals surface area contributed by atoms with Gasteiger partial charge in [-0.25, -0.2) is 5.43 Å². The molecule has 0 saturated carbocycles. The maximum atomic E-state index is 5.61. The van der Waals surface area contributed by atoms with Crippen molar-refractivity contribution in [1.82, 2.24) is 10.4 Å². The summed E-state index contributed by atoms with van der Waals surface area (Å²) in [7, 11) is 0. The zero-order chi connectivity index (χ0) is 12.4. The number of pyridine rings is 1. The van der Waals surface area contributed by atoms with Crippen LogP contribution in [0.25, 0.3) is 10.9 Å². The average Bonchev–Trinajstić information content (AvgIpc) is 2.93. The van der Waals surface area contributed by atoms with Crippen LogP contribution in [0.15, 0.2) is 59.3 Å². The highest BCUT2D eigenvalue weighted by atomic mass is 16.3. The van der Waals surface area contributed by atoms with E-state index in [4.69, 9.17) is 10.3 Å². The minimum absolute atomic E-state index is 0.161. The number of hydrogen-bond acceptors (Lipinski definition) is 4. The lowest BCUT2D eigenvalue weighted by atomic mass is 10.0. The van der Waals surface area contributed by atoms with E-state index in [1.807, 2.05) is 42.5 Å². The van der Waals surface area contributed by atoms with Gasteiger partial charge in [0, 0.05) is 11.6 Å². The van der Waals surface area contributed by atoms with Crippen LogP contribution in [0.3, 0.4) is 0 Å². The predicted octanol–water partition coefficient (Wildman–Crippen LogP) is 2.38. The summed E-state index contributed by atoms with van der Waals surface area (Å²) in [6.45, 7) is 0. The van der Waals surface area contributed by atoms with E-state index in [-0.39, 0.29) is 6.04 Å². The predicted molar refractivity (Wildman–Crippen MR) is 69.6 cm³/mol. The van der Waals surface area contributed by atoms with Crippen molar-refractivity contribution in [3.05, 3.63) is 66.2 Å². The fourth-order valence-corrected chi connectivity index (χ4v) is 2.06. The van der Waals surface area contributed by atoms with Crippen LogP contribution in [0, 0.1) is 0 Å². The van der Waals surface area contributed by atoms with Gasteiger partial charge in [-0.15, -0.1) is 0 Å². The van der Waals surface area contributed by atoms with E-state index in [1.54, 1.807) is 12.5 Å². The number of aromatic nitrogens is 1. The molecule has 2 heterocycles. The third-order valence-electron chi connectivity index (χ3n) is 2.96. The van der Waals surface area contributed by atoms with Gasteiger partial charge in [-0.1, -0.05) is 18.2 Å². The van der Waals surface area contributed by atoms with Crippen molar-refractivity contribution in [3.63, 3.8) is 0 Å². The van der Waals surface area contributed by atoms with Crippen molar-refractivity contribution in [2.45, 2.75) is 6.04 Å². The van der Waals surface area contributed by atoms with Crippen LogP contribution in [0.2, 0.25) is 0 Å². The Bertz CT molecular complexity index is 649. The van der Waals surface area contributed by atoms with Gasteiger partial charge in [0.25, 0.3) is 0 Å². The molecule has 3 aromatic rings. The van der Waals surface area contributed by atoms with Crippen LogP contribution in [0.4, 0.5) is 0 Å². The molecule has 1 aromatic carbocycles. The fraction of sp³-hybridized carbons (Fsp3) is 0.0714. The number of furan rings is 1. The van der Waals surface area contributed by atoms with Gasteiger partial charge in [0.05, 0.1) is 11.8 Å². The molecule has 90 valence electrons. The molecule has 1 unspecified atom stereocenters. The van der Waals surface area contributed by atoms with Gasteiger partial charge in [0.15, 0.2) is 0 Å². The number of hydrogen-bond donors (Lipinski definition) is 2. The standard InChI is InChI=1S/C14H13N3O/c15-17-14(13-4-2-8-18-13)11-6-5-10-3-1-7-16-12(10)9-11/h1-9,14,17H,15H2. The molecule has 0 fully saturated rings. The van der Waals surface area contributed by atoms with Crippen molar-refractivity contribution in [2.24, 2.45) is 5.84 Å². The maximum absolute atomic E-state index is 5.61. The highest BCUT2D eigenvalue weighted by Gasteiger charge is 2.15. The normalized spacial score (nSPS) is 12.7. The number of hydrazine groups is 1. The molecule has 1 atom stereocenters. The first kappa shape index (κ1) is 11.0. The van der Waals surface area contributed by atoms with Gasteiger partial charge in [-0.2, -0.15) is 0 Å². The maximum Gasteiger partial charge on any atom is 0.126 e. The first-order valence-corrected chi connectivity index (χ1v) is 5.73. The van der Waals surface area contributed by atoms with Crippen LogP contribution < -0.4 is 11.3 Å². The second-order valence-electron chi connectivity index (χ2n) is 4.07. The number of nitrogens with two attached hydrogens (primary N) is 1. The van der Waals surface area contributed by atoms with E-state index in [0.717, 1.165) is 22.2 Å². The summed E-state index contributed by atoms with van der Waals surface area (Å²) < 4.78 is 5.39. The molecule has 0 bridgehead atoms. The zero-order valence-electron chi connectivity index (χ0n) is 9.71. The van der Waals surface area contributed by atoms with Crippen LogP contribution in [-0.4, -0.2) is 4.98 Å². The molecule has 0 amide bonds. The molecule has 0 aliphatic carbocycles. The summed E-state index contributed by atoms with van der Waals surface area (Å²) in [6, 6.07) is 13.6. The third kappa shape index (κ3) is 1.88. The average molecular weight is 239 g/mol. The molecule has 3 rings (SSSR count). The van der Waals surface area contributed by atoms with Crippen molar-refractivity contribution >= 4 is 10.9 Å². The lowest BCUT2D eigenvalue weighted by Crippen LogP contribution is -2.28. The second-order valence-corrected chi connectivity index (χ2v) is 4.07. The Hall–Kier alpha value is -2.17. The molecule has 0 radical (unpaired) electrons. The summed E-state index contributed by atoms with van der Waals surface area (Å²) in [4.78, 5) is 4.34.